The topological polar surface area (TPSA) is 46.9 Å². The number of rotatable bonds is 4. The van der Waals surface area contributed by atoms with E-state index in [9.17, 15) is 18.0 Å². The maximum absolute atomic E-state index is 13.8. The standard InChI is InChI=1S/C21H19ClF3N3O/c1-12(2)16-6-4-5-13(3)18(16)27-20(29)17-11-26-28(19(17)21(23,24)25)15-9-7-14(22)8-10-15/h4-12H,1-3H3,(H,27,29). The van der Waals surface area contributed by atoms with Gasteiger partial charge < -0.3 is 5.32 Å². The van der Waals surface area contributed by atoms with Crippen molar-refractivity contribution in [1.29, 1.82) is 0 Å². The Bertz CT molecular complexity index is 1040. The van der Waals surface area contributed by atoms with Crippen molar-refractivity contribution in [2.24, 2.45) is 0 Å². The van der Waals surface area contributed by atoms with Gasteiger partial charge in [-0.3, -0.25) is 4.79 Å². The molecule has 0 fully saturated rings. The molecule has 8 heteroatoms. The molecule has 0 saturated carbocycles. The van der Waals surface area contributed by atoms with Crippen molar-refractivity contribution in [3.8, 4) is 5.69 Å². The molecule has 1 aromatic heterocycles. The van der Waals surface area contributed by atoms with Gasteiger partial charge in [-0.2, -0.15) is 18.3 Å². The second-order valence-electron chi connectivity index (χ2n) is 6.94. The van der Waals surface area contributed by atoms with Crippen LogP contribution in [0, 0.1) is 6.92 Å². The van der Waals surface area contributed by atoms with Crippen LogP contribution in [-0.4, -0.2) is 15.7 Å². The summed E-state index contributed by atoms with van der Waals surface area (Å²) in [6.45, 7) is 5.69. The molecule has 0 atom stereocenters. The van der Waals surface area contributed by atoms with Gasteiger partial charge in [0.2, 0.25) is 0 Å². The first-order chi connectivity index (χ1) is 13.6. The molecule has 29 heavy (non-hydrogen) atoms. The average molecular weight is 422 g/mol. The van der Waals surface area contributed by atoms with E-state index < -0.39 is 23.3 Å². The number of amides is 1. The maximum Gasteiger partial charge on any atom is 0.434 e. The summed E-state index contributed by atoms with van der Waals surface area (Å²) in [4.78, 5) is 12.8. The van der Waals surface area contributed by atoms with E-state index in [1.54, 1.807) is 13.0 Å². The van der Waals surface area contributed by atoms with Crippen LogP contribution >= 0.6 is 11.6 Å². The van der Waals surface area contributed by atoms with E-state index in [0.717, 1.165) is 17.3 Å². The lowest BCUT2D eigenvalue weighted by atomic mass is 9.98. The molecule has 3 aromatic rings. The Kier molecular flexibility index (Phi) is 5.71. The predicted octanol–water partition coefficient (Wildman–Crippen LogP) is 6.23. The van der Waals surface area contributed by atoms with Gasteiger partial charge in [0.25, 0.3) is 5.91 Å². The molecule has 0 bridgehead atoms. The number of alkyl halides is 3. The summed E-state index contributed by atoms with van der Waals surface area (Å²) in [5, 5.41) is 6.85. The van der Waals surface area contributed by atoms with Crippen LogP contribution in [0.25, 0.3) is 5.69 Å². The monoisotopic (exact) mass is 421 g/mol. The Morgan fingerprint density at radius 2 is 1.79 bits per heavy atom. The van der Waals surface area contributed by atoms with Crippen molar-refractivity contribution in [1.82, 2.24) is 9.78 Å². The number of hydrogen-bond acceptors (Lipinski definition) is 2. The van der Waals surface area contributed by atoms with Crippen LogP contribution in [0.1, 0.15) is 46.9 Å². The number of nitrogens with one attached hydrogen (secondary N) is 1. The van der Waals surface area contributed by atoms with Crippen molar-refractivity contribution in [3.63, 3.8) is 0 Å². The minimum atomic E-state index is -4.78. The van der Waals surface area contributed by atoms with Crippen LogP contribution in [0.5, 0.6) is 0 Å². The molecule has 0 unspecified atom stereocenters. The van der Waals surface area contributed by atoms with E-state index in [0.29, 0.717) is 15.4 Å². The number of aromatic nitrogens is 2. The number of nitrogens with zero attached hydrogens (tertiary/aromatic N) is 2. The highest BCUT2D eigenvalue weighted by molar-refractivity contribution is 6.30. The van der Waals surface area contributed by atoms with Crippen LogP contribution in [0.2, 0.25) is 5.02 Å². The maximum atomic E-state index is 13.8. The molecule has 0 radical (unpaired) electrons. The molecule has 3 rings (SSSR count). The third kappa shape index (κ3) is 4.29. The van der Waals surface area contributed by atoms with Gasteiger partial charge in [0.15, 0.2) is 5.69 Å². The van der Waals surface area contributed by atoms with E-state index in [-0.39, 0.29) is 11.6 Å². The third-order valence-corrected chi connectivity index (χ3v) is 4.77. The van der Waals surface area contributed by atoms with E-state index in [1.807, 2.05) is 26.0 Å². The summed E-state index contributed by atoms with van der Waals surface area (Å²) in [7, 11) is 0. The highest BCUT2D eigenvalue weighted by Gasteiger charge is 2.40. The normalized spacial score (nSPS) is 11.7. The van der Waals surface area contributed by atoms with Gasteiger partial charge in [-0.05, 0) is 48.2 Å². The SMILES string of the molecule is Cc1cccc(C(C)C)c1NC(=O)c1cnn(-c2ccc(Cl)cc2)c1C(F)(F)F. The minimum Gasteiger partial charge on any atom is -0.321 e. The third-order valence-electron chi connectivity index (χ3n) is 4.52. The van der Waals surface area contributed by atoms with Gasteiger partial charge in [-0.1, -0.05) is 43.6 Å². The second-order valence-corrected chi connectivity index (χ2v) is 7.38. The zero-order valence-electron chi connectivity index (χ0n) is 16.0. The van der Waals surface area contributed by atoms with Gasteiger partial charge in [0.1, 0.15) is 0 Å². The Hall–Kier alpha value is -2.80. The quantitative estimate of drug-likeness (QED) is 0.543. The van der Waals surface area contributed by atoms with Gasteiger partial charge >= 0.3 is 6.18 Å². The molecule has 2 aromatic carbocycles. The number of aryl methyl sites for hydroxylation is 1. The van der Waals surface area contributed by atoms with E-state index in [4.69, 9.17) is 11.6 Å². The Morgan fingerprint density at radius 1 is 1.14 bits per heavy atom. The Morgan fingerprint density at radius 3 is 2.38 bits per heavy atom. The molecule has 0 saturated heterocycles. The lowest BCUT2D eigenvalue weighted by Crippen LogP contribution is -2.21. The number of para-hydroxylation sites is 1. The summed E-state index contributed by atoms with van der Waals surface area (Å²) >= 11 is 5.81. The first kappa shape index (κ1) is 20.9. The molecule has 0 aliphatic heterocycles. The average Bonchev–Trinajstić information content (AvgIpc) is 3.09. The molecule has 0 spiro atoms. The molecule has 1 amide bonds. The van der Waals surface area contributed by atoms with Crippen LogP contribution < -0.4 is 5.32 Å². The van der Waals surface area contributed by atoms with Crippen LogP contribution in [-0.2, 0) is 6.18 Å². The molecular weight excluding hydrogens is 403 g/mol. The van der Waals surface area contributed by atoms with Crippen LogP contribution in [0.4, 0.5) is 18.9 Å². The first-order valence-electron chi connectivity index (χ1n) is 8.91. The number of benzene rings is 2. The molecule has 4 nitrogen and oxygen atoms in total. The largest absolute Gasteiger partial charge is 0.434 e. The van der Waals surface area contributed by atoms with Crippen molar-refractivity contribution in [2.45, 2.75) is 32.9 Å². The second kappa shape index (κ2) is 7.91. The highest BCUT2D eigenvalue weighted by atomic mass is 35.5. The van der Waals surface area contributed by atoms with Crippen molar-refractivity contribution < 1.29 is 18.0 Å². The highest BCUT2D eigenvalue weighted by Crippen LogP contribution is 2.35. The van der Waals surface area contributed by atoms with E-state index in [1.165, 1.54) is 24.3 Å². The van der Waals surface area contributed by atoms with E-state index >= 15 is 0 Å². The zero-order chi connectivity index (χ0) is 21.3. The van der Waals surface area contributed by atoms with E-state index in [2.05, 4.69) is 10.4 Å². The summed E-state index contributed by atoms with van der Waals surface area (Å²) < 4.78 is 42.2. The van der Waals surface area contributed by atoms with Crippen LogP contribution in [0.3, 0.4) is 0 Å². The molecule has 1 N–H and O–H groups in total. The van der Waals surface area contributed by atoms with Crippen molar-refractivity contribution in [2.75, 3.05) is 5.32 Å². The predicted molar refractivity (Wildman–Crippen MR) is 107 cm³/mol. The van der Waals surface area contributed by atoms with Crippen molar-refractivity contribution in [3.05, 3.63) is 76.1 Å². The Labute approximate surface area is 171 Å². The first-order valence-corrected chi connectivity index (χ1v) is 9.29. The number of anilines is 1. The van der Waals surface area contributed by atoms with Gasteiger partial charge in [0.05, 0.1) is 17.4 Å². The lowest BCUT2D eigenvalue weighted by Gasteiger charge is -2.17. The summed E-state index contributed by atoms with van der Waals surface area (Å²) in [6.07, 6.45) is -3.85. The zero-order valence-corrected chi connectivity index (χ0v) is 16.8. The fourth-order valence-corrected chi connectivity index (χ4v) is 3.21. The number of carbonyl (C=O) groups excluding carboxylic acids is 1. The van der Waals surface area contributed by atoms with Gasteiger partial charge in [-0.15, -0.1) is 0 Å². The molecule has 152 valence electrons. The lowest BCUT2D eigenvalue weighted by molar-refractivity contribution is -0.143. The minimum absolute atomic E-state index is 0.0871. The summed E-state index contributed by atoms with van der Waals surface area (Å²) in [5.41, 5.74) is 0.585. The van der Waals surface area contributed by atoms with Gasteiger partial charge in [0, 0.05) is 10.7 Å². The molecular formula is C21H19ClF3N3O. The fourth-order valence-electron chi connectivity index (χ4n) is 3.09. The summed E-state index contributed by atoms with van der Waals surface area (Å²) in [5.74, 6) is -0.780. The van der Waals surface area contributed by atoms with Crippen molar-refractivity contribution >= 4 is 23.2 Å². The van der Waals surface area contributed by atoms with Gasteiger partial charge in [-0.25, -0.2) is 4.68 Å². The summed E-state index contributed by atoms with van der Waals surface area (Å²) in [6, 6.07) is 11.2. The molecule has 1 heterocycles. The smallest absolute Gasteiger partial charge is 0.321 e. The molecule has 0 aliphatic carbocycles. The Balaban J connectivity index is 2.06. The number of carbonyl (C=O) groups is 1. The number of halogens is 4. The van der Waals surface area contributed by atoms with Crippen LogP contribution in [0.15, 0.2) is 48.7 Å². The number of hydrogen-bond donors (Lipinski definition) is 1. The fraction of sp³-hybridized carbons (Fsp3) is 0.238. The molecule has 0 aliphatic rings.